The summed E-state index contributed by atoms with van der Waals surface area (Å²) in [5.74, 6) is -5.00. The van der Waals surface area contributed by atoms with E-state index in [0.717, 1.165) is 0 Å². The number of hydroxylamine groups is 6. The molecule has 1 unspecified atom stereocenters. The molecule has 0 aromatic rings. The predicted octanol–water partition coefficient (Wildman–Crippen LogP) is -4.32. The zero-order valence-corrected chi connectivity index (χ0v) is 38.3. The Morgan fingerprint density at radius 2 is 1.12 bits per heavy atom. The number of unbranched alkanes of at least 4 members (excludes halogenated alkanes) is 6. The van der Waals surface area contributed by atoms with Gasteiger partial charge in [-0.25, -0.2) is 15.2 Å². The Hall–Kier alpha value is -4.07. The van der Waals surface area contributed by atoms with Crippen LogP contribution in [-0.2, 0) is 52.5 Å². The van der Waals surface area contributed by atoms with Gasteiger partial charge in [-0.05, 0) is 64.8 Å². The minimum Gasteiger partial charge on any atom is -0.463 e. The van der Waals surface area contributed by atoms with Crippen LogP contribution < -0.4 is 16.0 Å². The van der Waals surface area contributed by atoms with Gasteiger partial charge in [0.15, 0.2) is 6.29 Å². The van der Waals surface area contributed by atoms with Crippen LogP contribution in [0.5, 0.6) is 0 Å². The Labute approximate surface area is 393 Å². The summed E-state index contributed by atoms with van der Waals surface area (Å²) in [6, 6.07) is -0.901. The molecule has 13 N–H and O–H groups in total. The molecule has 2 aliphatic heterocycles. The van der Waals surface area contributed by atoms with Crippen molar-refractivity contribution >= 4 is 41.3 Å². The van der Waals surface area contributed by atoms with Crippen LogP contribution in [0.3, 0.4) is 0 Å². The smallest absolute Gasteiger partial charge is 0.306 e. The highest BCUT2D eigenvalue weighted by Gasteiger charge is 2.51. The first-order valence-electron chi connectivity index (χ1n) is 22.8. The van der Waals surface area contributed by atoms with E-state index in [1.165, 1.54) is 7.05 Å². The molecule has 0 radical (unpaired) electrons. The maximum Gasteiger partial charge on any atom is 0.306 e. The number of aliphatic hydroxyl groups is 7. The molecule has 0 spiro atoms. The molecule has 68 heavy (non-hydrogen) atoms. The molecular formula is C41H72N6O21. The van der Waals surface area contributed by atoms with Crippen LogP contribution in [0.15, 0.2) is 0 Å². The van der Waals surface area contributed by atoms with Crippen molar-refractivity contribution in [1.29, 1.82) is 0 Å². The van der Waals surface area contributed by atoms with Crippen molar-refractivity contribution in [3.63, 3.8) is 0 Å². The van der Waals surface area contributed by atoms with E-state index >= 15 is 0 Å². The Morgan fingerprint density at radius 1 is 0.632 bits per heavy atom. The van der Waals surface area contributed by atoms with E-state index < -0.39 is 123 Å². The highest BCUT2D eigenvalue weighted by molar-refractivity contribution is 5.87. The van der Waals surface area contributed by atoms with Crippen LogP contribution in [0.2, 0.25) is 0 Å². The first-order chi connectivity index (χ1) is 32.4. The molecule has 5 amide bonds. The monoisotopic (exact) mass is 984 g/mol. The van der Waals surface area contributed by atoms with Crippen molar-refractivity contribution < 1.29 is 104 Å². The quantitative estimate of drug-likeness (QED) is 0.0128. The molecule has 0 saturated carbocycles. The fourth-order valence-electron chi connectivity index (χ4n) is 6.88. The number of nitrogens with zero attached hydrogens (tertiary/aromatic N) is 3. The highest BCUT2D eigenvalue weighted by atomic mass is 16.7. The topological polar surface area (TPSA) is 405 Å². The molecule has 0 aliphatic carbocycles. The first-order valence-corrected chi connectivity index (χ1v) is 22.8. The number of nitrogens with one attached hydrogen (secondary N) is 3. The summed E-state index contributed by atoms with van der Waals surface area (Å²) in [5.41, 5.74) is 0. The zero-order valence-electron chi connectivity index (χ0n) is 38.3. The maximum absolute atomic E-state index is 12.6. The zero-order chi connectivity index (χ0) is 50.8. The lowest BCUT2D eigenvalue weighted by Crippen LogP contribution is -2.65. The Balaban J connectivity index is 1.55. The highest BCUT2D eigenvalue weighted by Crippen LogP contribution is 2.28. The number of aliphatic hydroxyl groups excluding tert-OH is 7. The van der Waals surface area contributed by atoms with E-state index in [1.807, 2.05) is 0 Å². The average Bonchev–Trinajstić information content (AvgIpc) is 3.32. The fourth-order valence-corrected chi connectivity index (χ4v) is 6.88. The van der Waals surface area contributed by atoms with Crippen molar-refractivity contribution in [3.8, 4) is 0 Å². The summed E-state index contributed by atoms with van der Waals surface area (Å²) in [6.07, 6.45) is -13.3. The number of ether oxygens (including phenoxy) is 4. The van der Waals surface area contributed by atoms with E-state index in [2.05, 4.69) is 16.0 Å². The van der Waals surface area contributed by atoms with Crippen LogP contribution in [0.1, 0.15) is 96.3 Å². The van der Waals surface area contributed by atoms with Crippen molar-refractivity contribution in [3.05, 3.63) is 0 Å². The Kier molecular flexibility index (Phi) is 28.9. The van der Waals surface area contributed by atoms with Gasteiger partial charge in [-0.15, -0.1) is 0 Å². The number of carbonyl (C=O) groups excluding carboxylic acids is 7. The normalized spacial score (nSPS) is 24.2. The molecule has 27 nitrogen and oxygen atoms in total. The number of hydrogen-bond acceptors (Lipinski definition) is 22. The lowest BCUT2D eigenvalue weighted by Gasteiger charge is -2.44. The van der Waals surface area contributed by atoms with Crippen molar-refractivity contribution in [2.24, 2.45) is 0 Å². The number of rotatable bonds is 33. The predicted molar refractivity (Wildman–Crippen MR) is 227 cm³/mol. The molecule has 0 aromatic carbocycles. The van der Waals surface area contributed by atoms with Crippen LogP contribution >= 0.6 is 0 Å². The molecule has 2 saturated heterocycles. The Bertz CT molecular complexity index is 1560. The number of carbonyl (C=O) groups is 7. The average molecular weight is 985 g/mol. The molecule has 392 valence electrons. The number of likely N-dealkylation sites (N-methyl/N-ethyl adjacent to an activating group) is 1. The van der Waals surface area contributed by atoms with Crippen LogP contribution in [0.25, 0.3) is 0 Å². The minimum absolute atomic E-state index is 0.0231. The first kappa shape index (κ1) is 60.1. The standard InChI is InChI=1S/C41H72N6O21/c1-42-25(23-49)38-35(58)36(59)39(40(61)67-38)68-41-37(60)34(57)33(56)26(66-41)24-65-32(55)16-15-31(54)47(64)20-8-3-6-18-44-27(50)11-13-29(52)45(62)19-7-2-5-17-43-28(51)12-14-30(53)46(63)21-9-4-10-22-48/h25-26,33-36,38-42,48-49,56-59,61-64H,2-24H2,1H3,(H,43,51)(H,44,50)/t25?,26-,33-,34+,35+,36+,38-,39-,40+,41-/m1/s1. The second-order valence-electron chi connectivity index (χ2n) is 16.3. The number of amides is 5. The van der Waals surface area contributed by atoms with Crippen molar-refractivity contribution in [2.45, 2.75) is 158 Å². The largest absolute Gasteiger partial charge is 0.463 e. The summed E-state index contributed by atoms with van der Waals surface area (Å²) in [5, 5.41) is 110. The fraction of sp³-hybridized carbons (Fsp3) is 0.829. The van der Waals surface area contributed by atoms with Gasteiger partial charge in [0.1, 0.15) is 49.3 Å². The van der Waals surface area contributed by atoms with Gasteiger partial charge in [-0.3, -0.25) is 49.2 Å². The van der Waals surface area contributed by atoms with E-state index in [9.17, 15) is 79.8 Å². The Morgan fingerprint density at radius 3 is 1.59 bits per heavy atom. The second kappa shape index (κ2) is 32.7. The molecule has 2 heterocycles. The summed E-state index contributed by atoms with van der Waals surface area (Å²) in [6.45, 7) is -0.635. The summed E-state index contributed by atoms with van der Waals surface area (Å²) in [7, 11) is 1.44. The van der Waals surface area contributed by atoms with Gasteiger partial charge in [-0.1, -0.05) is 0 Å². The second-order valence-corrected chi connectivity index (χ2v) is 16.3. The van der Waals surface area contributed by atoms with E-state index in [-0.39, 0.29) is 64.4 Å². The van der Waals surface area contributed by atoms with Gasteiger partial charge in [0.05, 0.1) is 19.1 Å². The van der Waals surface area contributed by atoms with Gasteiger partial charge < -0.3 is 70.6 Å². The van der Waals surface area contributed by atoms with Gasteiger partial charge in [-0.2, -0.15) is 0 Å². The summed E-state index contributed by atoms with van der Waals surface area (Å²) < 4.78 is 21.0. The molecule has 0 bridgehead atoms. The molecule has 2 aliphatic rings. The summed E-state index contributed by atoms with van der Waals surface area (Å²) >= 11 is 0. The number of Topliss-reactive ketones (excluding diaryl/α,β-unsaturated/α-hetero) is 1. The molecule has 27 heteroatoms. The van der Waals surface area contributed by atoms with Crippen LogP contribution in [0.4, 0.5) is 0 Å². The van der Waals surface area contributed by atoms with Crippen molar-refractivity contribution in [2.75, 3.05) is 59.6 Å². The van der Waals surface area contributed by atoms with E-state index in [0.29, 0.717) is 79.5 Å². The summed E-state index contributed by atoms with van der Waals surface area (Å²) in [4.78, 5) is 85.7. The third kappa shape index (κ3) is 21.3. The lowest BCUT2D eigenvalue weighted by atomic mass is 9.94. The minimum atomic E-state index is -2.11. The maximum atomic E-state index is 12.6. The van der Waals surface area contributed by atoms with Crippen LogP contribution in [-0.4, -0.2) is 229 Å². The van der Waals surface area contributed by atoms with E-state index in [1.54, 1.807) is 0 Å². The molecular weight excluding hydrogens is 912 g/mol. The van der Waals surface area contributed by atoms with Gasteiger partial charge in [0.2, 0.25) is 41.6 Å². The number of esters is 1. The molecule has 2 rings (SSSR count). The van der Waals surface area contributed by atoms with Gasteiger partial charge in [0, 0.05) is 71.4 Å². The molecule has 10 atom stereocenters. The van der Waals surface area contributed by atoms with Crippen molar-refractivity contribution in [1.82, 2.24) is 31.1 Å². The third-order valence-corrected chi connectivity index (χ3v) is 11.1. The SMILES string of the molecule is CNC(CO)[C@H]1O[C@H](O)[C@H](O[C@H]2O[C@H](COC(=O)CCC(=O)N(O)CCCCCNC(=O)CCC(=O)N(O)CCCCCNC(=O)CCC(=O)N(O)CCCCCO)[C@@H](O)[C@H](O)C2=O)[C@@H](O)[C@@H]1O. The number of hydrogen-bond donors (Lipinski definition) is 13. The van der Waals surface area contributed by atoms with Crippen LogP contribution in [0, 0.1) is 0 Å². The lowest BCUT2D eigenvalue weighted by molar-refractivity contribution is -0.331. The number of ketones is 1. The van der Waals surface area contributed by atoms with E-state index in [4.69, 9.17) is 24.1 Å². The van der Waals surface area contributed by atoms with Gasteiger partial charge in [0.25, 0.3) is 0 Å². The molecule has 0 aromatic heterocycles. The molecule has 2 fully saturated rings. The van der Waals surface area contributed by atoms with Gasteiger partial charge >= 0.3 is 5.97 Å². The third-order valence-electron chi connectivity index (χ3n) is 11.1.